The second-order valence-corrected chi connectivity index (χ2v) is 6.75. The summed E-state index contributed by atoms with van der Waals surface area (Å²) in [5.74, 6) is 2.40. The van der Waals surface area contributed by atoms with Gasteiger partial charge in [0.1, 0.15) is 18.1 Å². The molecule has 0 spiro atoms. The number of ether oxygens (including phenoxy) is 2. The van der Waals surface area contributed by atoms with Crippen molar-refractivity contribution in [1.29, 1.82) is 5.26 Å². The monoisotopic (exact) mass is 375 g/mol. The summed E-state index contributed by atoms with van der Waals surface area (Å²) in [7, 11) is 1.86. The van der Waals surface area contributed by atoms with Crippen LogP contribution in [-0.2, 0) is 7.05 Å². The van der Waals surface area contributed by atoms with Gasteiger partial charge in [-0.3, -0.25) is 4.98 Å². The molecule has 2 N–H and O–H groups in total. The summed E-state index contributed by atoms with van der Waals surface area (Å²) < 4.78 is 13.4. The number of pyridine rings is 1. The highest BCUT2D eigenvalue weighted by atomic mass is 16.5. The van der Waals surface area contributed by atoms with Crippen molar-refractivity contribution in [3.8, 4) is 34.7 Å². The number of nitriles is 1. The van der Waals surface area contributed by atoms with E-state index < -0.39 is 0 Å². The summed E-state index contributed by atoms with van der Waals surface area (Å²) in [6.45, 7) is 0.888. The van der Waals surface area contributed by atoms with E-state index in [0.29, 0.717) is 42.0 Å². The minimum absolute atomic E-state index is 0.441. The van der Waals surface area contributed by atoms with Crippen LogP contribution < -0.4 is 15.2 Å². The van der Waals surface area contributed by atoms with Crippen LogP contribution in [0.15, 0.2) is 42.6 Å². The Kier molecular flexibility index (Phi) is 4.96. The van der Waals surface area contributed by atoms with Crippen LogP contribution >= 0.6 is 0 Å². The summed E-state index contributed by atoms with van der Waals surface area (Å²) in [5, 5.41) is 13.8. The topological polar surface area (TPSA) is 99.0 Å². The van der Waals surface area contributed by atoms with Crippen LogP contribution in [0.5, 0.6) is 17.4 Å². The lowest BCUT2D eigenvalue weighted by molar-refractivity contribution is 0.327. The number of hydrogen-bond donors (Lipinski definition) is 1. The Morgan fingerprint density at radius 3 is 2.79 bits per heavy atom. The second-order valence-electron chi connectivity index (χ2n) is 6.75. The molecule has 0 aliphatic heterocycles. The molecule has 1 aliphatic carbocycles. The number of nitrogens with zero attached hydrogens (tertiary/aromatic N) is 4. The van der Waals surface area contributed by atoms with Gasteiger partial charge in [-0.2, -0.15) is 10.4 Å². The molecule has 0 amide bonds. The largest absolute Gasteiger partial charge is 0.491 e. The third-order valence-corrected chi connectivity index (χ3v) is 4.58. The maximum absolute atomic E-state index is 9.28. The number of aryl methyl sites for hydroxylation is 1. The van der Waals surface area contributed by atoms with Gasteiger partial charge in [-0.25, -0.2) is 4.68 Å². The third-order valence-electron chi connectivity index (χ3n) is 4.58. The highest BCUT2D eigenvalue weighted by Crippen LogP contribution is 2.41. The van der Waals surface area contributed by atoms with Crippen molar-refractivity contribution in [1.82, 2.24) is 14.8 Å². The average Bonchev–Trinajstić information content (AvgIpc) is 3.51. The highest BCUT2D eigenvalue weighted by molar-refractivity contribution is 5.69. The van der Waals surface area contributed by atoms with E-state index in [-0.39, 0.29) is 0 Å². The first kappa shape index (κ1) is 18.0. The fraction of sp³-hybridized carbons (Fsp3) is 0.286. The van der Waals surface area contributed by atoms with Gasteiger partial charge in [0.05, 0.1) is 29.2 Å². The highest BCUT2D eigenvalue weighted by Gasteiger charge is 2.27. The predicted molar refractivity (Wildman–Crippen MR) is 104 cm³/mol. The Balaban J connectivity index is 1.65. The summed E-state index contributed by atoms with van der Waals surface area (Å²) in [6.07, 6.45) is 4.00. The summed E-state index contributed by atoms with van der Waals surface area (Å²) in [5.41, 5.74) is 8.55. The third kappa shape index (κ3) is 3.82. The Labute approximate surface area is 163 Å². The molecule has 4 rings (SSSR count). The Morgan fingerprint density at radius 1 is 1.25 bits per heavy atom. The van der Waals surface area contributed by atoms with E-state index in [1.807, 2.05) is 31.3 Å². The summed E-state index contributed by atoms with van der Waals surface area (Å²) in [4.78, 5) is 4.47. The van der Waals surface area contributed by atoms with Gasteiger partial charge in [0.15, 0.2) is 0 Å². The van der Waals surface area contributed by atoms with Crippen LogP contribution in [0.1, 0.15) is 30.0 Å². The van der Waals surface area contributed by atoms with E-state index in [1.54, 1.807) is 23.0 Å². The molecule has 1 saturated carbocycles. The van der Waals surface area contributed by atoms with Crippen LogP contribution in [0.2, 0.25) is 0 Å². The molecule has 0 atom stereocenters. The van der Waals surface area contributed by atoms with Crippen LogP contribution in [0, 0.1) is 11.3 Å². The zero-order valence-electron chi connectivity index (χ0n) is 15.6. The van der Waals surface area contributed by atoms with Gasteiger partial charge in [0.25, 0.3) is 0 Å². The molecule has 7 nitrogen and oxygen atoms in total. The zero-order chi connectivity index (χ0) is 19.5. The van der Waals surface area contributed by atoms with E-state index in [0.717, 1.165) is 17.0 Å². The fourth-order valence-corrected chi connectivity index (χ4v) is 2.95. The van der Waals surface area contributed by atoms with Gasteiger partial charge in [0, 0.05) is 31.1 Å². The lowest BCUT2D eigenvalue weighted by atomic mass is 10.1. The van der Waals surface area contributed by atoms with Crippen molar-refractivity contribution in [3.63, 3.8) is 0 Å². The molecule has 3 aromatic rings. The van der Waals surface area contributed by atoms with Crippen molar-refractivity contribution in [2.75, 3.05) is 13.2 Å². The molecule has 2 heterocycles. The number of nitrogens with two attached hydrogens (primary N) is 1. The van der Waals surface area contributed by atoms with E-state index >= 15 is 0 Å². The quantitative estimate of drug-likeness (QED) is 0.680. The molecule has 0 radical (unpaired) electrons. The van der Waals surface area contributed by atoms with Crippen LogP contribution in [0.4, 0.5) is 0 Å². The smallest absolute Gasteiger partial charge is 0.217 e. The molecule has 0 saturated heterocycles. The number of benzene rings is 1. The van der Waals surface area contributed by atoms with E-state index in [1.165, 1.54) is 12.8 Å². The molecule has 1 aromatic carbocycles. The number of aromatic nitrogens is 3. The predicted octanol–water partition coefficient (Wildman–Crippen LogP) is 3.36. The molecule has 0 unspecified atom stereocenters. The molecular formula is C21H21N5O2. The summed E-state index contributed by atoms with van der Waals surface area (Å²) >= 11 is 0. The second kappa shape index (κ2) is 7.71. The average molecular weight is 375 g/mol. The number of rotatable bonds is 7. The minimum atomic E-state index is 0.441. The molecule has 1 fully saturated rings. The lowest BCUT2D eigenvalue weighted by Gasteiger charge is -2.12. The van der Waals surface area contributed by atoms with Crippen molar-refractivity contribution in [3.05, 3.63) is 53.9 Å². The maximum atomic E-state index is 9.28. The van der Waals surface area contributed by atoms with Gasteiger partial charge in [-0.15, -0.1) is 0 Å². The minimum Gasteiger partial charge on any atom is -0.491 e. The van der Waals surface area contributed by atoms with Gasteiger partial charge in [-0.1, -0.05) is 0 Å². The lowest BCUT2D eigenvalue weighted by Crippen LogP contribution is -2.10. The van der Waals surface area contributed by atoms with Crippen LogP contribution in [0.3, 0.4) is 0 Å². The van der Waals surface area contributed by atoms with E-state index in [9.17, 15) is 5.26 Å². The van der Waals surface area contributed by atoms with E-state index in [2.05, 4.69) is 16.2 Å². The van der Waals surface area contributed by atoms with Crippen LogP contribution in [-0.4, -0.2) is 27.9 Å². The zero-order valence-corrected chi connectivity index (χ0v) is 15.6. The van der Waals surface area contributed by atoms with Crippen LogP contribution in [0.25, 0.3) is 11.3 Å². The molecule has 0 bridgehead atoms. The van der Waals surface area contributed by atoms with Crippen molar-refractivity contribution >= 4 is 0 Å². The van der Waals surface area contributed by atoms with Crippen molar-refractivity contribution in [2.24, 2.45) is 12.8 Å². The Morgan fingerprint density at radius 2 is 2.11 bits per heavy atom. The Bertz CT molecular complexity index is 1020. The molecular weight excluding hydrogens is 354 g/mol. The van der Waals surface area contributed by atoms with Gasteiger partial charge >= 0.3 is 0 Å². The molecule has 7 heteroatoms. The molecule has 2 aromatic heterocycles. The molecule has 142 valence electrons. The van der Waals surface area contributed by atoms with Gasteiger partial charge in [0.2, 0.25) is 5.88 Å². The molecule has 1 aliphatic rings. The normalized spacial score (nSPS) is 13.2. The van der Waals surface area contributed by atoms with Gasteiger partial charge in [-0.05, 0) is 43.2 Å². The van der Waals surface area contributed by atoms with Gasteiger partial charge < -0.3 is 15.2 Å². The van der Waals surface area contributed by atoms with E-state index in [4.69, 9.17) is 15.2 Å². The SMILES string of the molecule is Cn1nc(C2CC2)cc1Oc1cc(C#N)ccc1-c1ccc(OCCN)cn1. The maximum Gasteiger partial charge on any atom is 0.217 e. The summed E-state index contributed by atoms with van der Waals surface area (Å²) in [6, 6.07) is 13.1. The first-order valence-electron chi connectivity index (χ1n) is 9.23. The first-order valence-corrected chi connectivity index (χ1v) is 9.23. The molecule has 28 heavy (non-hydrogen) atoms. The van der Waals surface area contributed by atoms with Crippen molar-refractivity contribution in [2.45, 2.75) is 18.8 Å². The number of hydrogen-bond acceptors (Lipinski definition) is 6. The fourth-order valence-electron chi connectivity index (χ4n) is 2.95. The standard InChI is InChI=1S/C21H21N5O2/c1-26-21(11-19(25-26)15-3-4-15)28-20-10-14(12-23)2-6-17(20)18-7-5-16(13-24-18)27-9-8-22/h2,5-7,10-11,13,15H,3-4,8-9,22H2,1H3. The first-order chi connectivity index (χ1) is 13.7. The van der Waals surface area contributed by atoms with Crippen molar-refractivity contribution < 1.29 is 9.47 Å². The Hall–Kier alpha value is -3.37.